The minimum atomic E-state index is -4.02. The molecule has 4 heterocycles. The topological polar surface area (TPSA) is 128 Å². The molecule has 0 saturated carbocycles. The Kier molecular flexibility index (Phi) is 8.03. The van der Waals surface area contributed by atoms with Gasteiger partial charge in [0.05, 0.1) is 35.6 Å². The predicted molar refractivity (Wildman–Crippen MR) is 177 cm³/mol. The molecule has 14 heteroatoms. The van der Waals surface area contributed by atoms with Crippen LogP contribution in [0.25, 0.3) is 33.6 Å². The highest BCUT2D eigenvalue weighted by atomic mass is 32.2. The highest BCUT2D eigenvalue weighted by Crippen LogP contribution is 2.36. The molecule has 48 heavy (non-hydrogen) atoms. The first-order valence-corrected chi connectivity index (χ1v) is 16.7. The Balaban J connectivity index is 1.26. The summed E-state index contributed by atoms with van der Waals surface area (Å²) < 4.78 is 68.0. The summed E-state index contributed by atoms with van der Waals surface area (Å²) in [5.74, 6) is -1.30. The van der Waals surface area contributed by atoms with E-state index in [1.807, 2.05) is 31.2 Å². The van der Waals surface area contributed by atoms with Gasteiger partial charge in [0.1, 0.15) is 11.6 Å². The molecule has 0 bridgehead atoms. The normalized spacial score (nSPS) is 14.7. The van der Waals surface area contributed by atoms with Crippen LogP contribution in [0.2, 0.25) is 0 Å². The van der Waals surface area contributed by atoms with E-state index in [0.717, 1.165) is 16.9 Å². The van der Waals surface area contributed by atoms with Crippen LogP contribution in [0.15, 0.2) is 94.6 Å². The summed E-state index contributed by atoms with van der Waals surface area (Å²) in [7, 11) is -2.41. The fraction of sp³-hybridized carbons (Fsp3) is 0.235. The van der Waals surface area contributed by atoms with Crippen molar-refractivity contribution in [3.8, 4) is 28.5 Å². The number of aromatic nitrogens is 5. The van der Waals surface area contributed by atoms with Crippen LogP contribution in [-0.2, 0) is 16.6 Å². The van der Waals surface area contributed by atoms with Crippen LogP contribution in [0.5, 0.6) is 5.75 Å². The van der Waals surface area contributed by atoms with Crippen molar-refractivity contribution in [2.24, 2.45) is 0 Å². The van der Waals surface area contributed by atoms with E-state index in [-0.39, 0.29) is 42.7 Å². The van der Waals surface area contributed by atoms with Crippen molar-refractivity contribution in [3.63, 3.8) is 0 Å². The minimum Gasteiger partial charge on any atom is -0.497 e. The van der Waals surface area contributed by atoms with Gasteiger partial charge in [-0.3, -0.25) is 4.98 Å². The number of halogens is 2. The molecular weight excluding hydrogens is 640 g/mol. The zero-order valence-corrected chi connectivity index (χ0v) is 26.9. The van der Waals surface area contributed by atoms with Gasteiger partial charge in [-0.2, -0.15) is 0 Å². The number of methoxy groups -OCH3 is 1. The summed E-state index contributed by atoms with van der Waals surface area (Å²) in [5.41, 5.74) is 3.74. The number of anilines is 2. The first kappa shape index (κ1) is 31.2. The maximum absolute atomic E-state index is 14.0. The average Bonchev–Trinajstić information content (AvgIpc) is 3.73. The van der Waals surface area contributed by atoms with Crippen molar-refractivity contribution in [1.82, 2.24) is 24.1 Å². The van der Waals surface area contributed by atoms with E-state index in [1.165, 1.54) is 22.6 Å². The van der Waals surface area contributed by atoms with E-state index in [4.69, 9.17) is 14.1 Å². The molecule has 0 radical (unpaired) electrons. The minimum absolute atomic E-state index is 0.124. The lowest BCUT2D eigenvalue weighted by molar-refractivity contribution is -0.0221. The average molecular weight is 672 g/mol. The fourth-order valence-electron chi connectivity index (χ4n) is 5.59. The van der Waals surface area contributed by atoms with Crippen LogP contribution in [-0.4, -0.2) is 58.7 Å². The Labute approximate surface area is 275 Å². The largest absolute Gasteiger partial charge is 0.497 e. The van der Waals surface area contributed by atoms with Gasteiger partial charge < -0.3 is 19.4 Å². The predicted octanol–water partition coefficient (Wildman–Crippen LogP) is 6.55. The summed E-state index contributed by atoms with van der Waals surface area (Å²) in [4.78, 5) is 11.0. The fourth-order valence-corrected chi connectivity index (χ4v) is 6.96. The van der Waals surface area contributed by atoms with E-state index in [2.05, 4.69) is 20.5 Å². The number of piperidine rings is 1. The number of benzene rings is 3. The molecule has 3 aromatic carbocycles. The number of rotatable bonds is 9. The Morgan fingerprint density at radius 2 is 1.73 bits per heavy atom. The molecule has 0 unspecified atom stereocenters. The zero-order valence-electron chi connectivity index (χ0n) is 26.1. The van der Waals surface area contributed by atoms with E-state index in [9.17, 15) is 17.2 Å². The summed E-state index contributed by atoms with van der Waals surface area (Å²) in [6, 6.07) is 19.6. The number of hydrogen-bond acceptors (Lipinski definition) is 10. The number of nitrogens with one attached hydrogen (secondary N) is 1. The molecule has 1 aliphatic rings. The second-order valence-corrected chi connectivity index (χ2v) is 13.4. The Morgan fingerprint density at radius 1 is 0.979 bits per heavy atom. The van der Waals surface area contributed by atoms with Gasteiger partial charge in [-0.05, 0) is 55.0 Å². The second kappa shape index (κ2) is 12.3. The van der Waals surface area contributed by atoms with Crippen LogP contribution in [0.1, 0.15) is 24.0 Å². The molecule has 1 aliphatic heterocycles. The zero-order chi connectivity index (χ0) is 33.5. The van der Waals surface area contributed by atoms with Gasteiger partial charge in [0.15, 0.2) is 0 Å². The van der Waals surface area contributed by atoms with Crippen LogP contribution in [0.3, 0.4) is 0 Å². The molecule has 0 atom stereocenters. The highest BCUT2D eigenvalue weighted by Gasteiger charge is 2.34. The maximum atomic E-state index is 14.0. The molecule has 0 amide bonds. The molecule has 11 nitrogen and oxygen atoms in total. The third-order valence-corrected chi connectivity index (χ3v) is 10.0. The molecule has 6 aromatic rings. The molecule has 3 aromatic heterocycles. The van der Waals surface area contributed by atoms with Crippen LogP contribution < -0.4 is 15.0 Å². The monoisotopic (exact) mass is 671 g/mol. The smallest absolute Gasteiger partial charge is 0.316 e. The summed E-state index contributed by atoms with van der Waals surface area (Å²) in [5, 5.41) is 12.0. The molecule has 1 fully saturated rings. The number of ether oxygens (including phenoxy) is 1. The molecule has 7 rings (SSSR count). The van der Waals surface area contributed by atoms with Gasteiger partial charge in [0.2, 0.25) is 5.89 Å². The number of aryl methyl sites for hydroxylation is 1. The Bertz CT molecular complexity index is 2190. The molecule has 246 valence electrons. The molecule has 0 spiro atoms. The second-order valence-electron chi connectivity index (χ2n) is 11.6. The van der Waals surface area contributed by atoms with Crippen LogP contribution >= 0.6 is 0 Å². The van der Waals surface area contributed by atoms with Gasteiger partial charge in [-0.25, -0.2) is 26.2 Å². The van der Waals surface area contributed by atoms with E-state index < -0.39 is 15.9 Å². The van der Waals surface area contributed by atoms with Gasteiger partial charge in [-0.15, -0.1) is 5.10 Å². The van der Waals surface area contributed by atoms with Crippen LogP contribution in [0, 0.1) is 6.92 Å². The number of alkyl halides is 2. The number of fused-ring (bicyclic) bond motifs is 1. The molecule has 0 aliphatic carbocycles. The molecule has 1 N–H and O–H groups in total. The quantitative estimate of drug-likeness (QED) is 0.181. The summed E-state index contributed by atoms with van der Waals surface area (Å²) in [6.45, 7) is 2.58. The SMILES string of the molecule is COc1ccc(CNc2nnc(-c3ccc4c(c3)c(-c3cncc(N5CCC(F)(F)CC5)n3)cn4S(=O)(=O)c3ccc(C)cc3)o2)cc1. The molecule has 1 saturated heterocycles. The lowest BCUT2D eigenvalue weighted by Crippen LogP contribution is -2.39. The van der Waals surface area contributed by atoms with Gasteiger partial charge in [0, 0.05) is 55.2 Å². The standard InChI is InChI=1S/C34H31F2N7O4S/c1-22-3-10-26(11-4-22)48(44,45)43-21-28(29-19-37-20-31(39-29)42-15-13-34(35,36)14-16-42)27-17-24(7-12-30(27)43)32-40-41-33(47-32)38-18-23-5-8-25(46-2)9-6-23/h3-12,17,19-21H,13-16,18H2,1-2H3,(H,38,41). The van der Waals surface area contributed by atoms with Crippen molar-refractivity contribution < 1.29 is 26.4 Å². The van der Waals surface area contributed by atoms with Gasteiger partial charge in [0.25, 0.3) is 15.9 Å². The van der Waals surface area contributed by atoms with Gasteiger partial charge in [-0.1, -0.05) is 34.9 Å². The lowest BCUT2D eigenvalue weighted by Gasteiger charge is -2.32. The first-order chi connectivity index (χ1) is 23.1. The third kappa shape index (κ3) is 6.18. The maximum Gasteiger partial charge on any atom is 0.316 e. The number of nitrogens with zero attached hydrogens (tertiary/aromatic N) is 6. The lowest BCUT2D eigenvalue weighted by atomic mass is 10.1. The molecular formula is C34H31F2N7O4S. The first-order valence-electron chi connectivity index (χ1n) is 15.2. The van der Waals surface area contributed by atoms with Crippen molar-refractivity contribution in [3.05, 3.63) is 96.4 Å². The van der Waals surface area contributed by atoms with Crippen molar-refractivity contribution >= 4 is 32.8 Å². The Morgan fingerprint density at radius 3 is 2.46 bits per heavy atom. The van der Waals surface area contributed by atoms with Crippen molar-refractivity contribution in [1.29, 1.82) is 0 Å². The van der Waals surface area contributed by atoms with Gasteiger partial charge >= 0.3 is 6.01 Å². The van der Waals surface area contributed by atoms with Crippen molar-refractivity contribution in [2.45, 2.75) is 37.1 Å². The Hall–Kier alpha value is -5.37. The highest BCUT2D eigenvalue weighted by molar-refractivity contribution is 7.90. The summed E-state index contributed by atoms with van der Waals surface area (Å²) >= 11 is 0. The third-order valence-electron chi connectivity index (χ3n) is 8.34. The van der Waals surface area contributed by atoms with Crippen molar-refractivity contribution in [2.75, 3.05) is 30.4 Å². The van der Waals surface area contributed by atoms with E-state index in [1.54, 1.807) is 54.5 Å². The summed E-state index contributed by atoms with van der Waals surface area (Å²) in [6.07, 6.45) is 4.01. The number of hydrogen-bond donors (Lipinski definition) is 1. The van der Waals surface area contributed by atoms with Crippen LogP contribution in [0.4, 0.5) is 20.6 Å². The van der Waals surface area contributed by atoms with E-state index >= 15 is 0 Å². The van der Waals surface area contributed by atoms with E-state index in [0.29, 0.717) is 40.1 Å².